The summed E-state index contributed by atoms with van der Waals surface area (Å²) in [6, 6.07) is -1.77. The number of β-lactam (4-membered cyclic amide) rings is 1. The number of rotatable bonds is 6. The van der Waals surface area contributed by atoms with Gasteiger partial charge < -0.3 is 25.9 Å². The lowest BCUT2D eigenvalue weighted by Gasteiger charge is -2.43. The summed E-state index contributed by atoms with van der Waals surface area (Å²) in [5.74, 6) is -0.937. The van der Waals surface area contributed by atoms with Gasteiger partial charge in [-0.2, -0.15) is 0 Å². The highest BCUT2D eigenvalue weighted by atomic mass is 32.2. The molecule has 1 aromatic rings. The average molecular weight is 480 g/mol. The molecule has 2 bridgehead atoms. The molecule has 0 radical (unpaired) electrons. The summed E-state index contributed by atoms with van der Waals surface area (Å²) in [5.41, 5.74) is 6.02. The van der Waals surface area contributed by atoms with Crippen molar-refractivity contribution >= 4 is 51.7 Å². The number of carboxylic acids is 1. The van der Waals surface area contributed by atoms with Crippen LogP contribution in [0.15, 0.2) is 10.5 Å². The van der Waals surface area contributed by atoms with E-state index in [0.29, 0.717) is 22.7 Å². The zero-order valence-electron chi connectivity index (χ0n) is 17.7. The van der Waals surface area contributed by atoms with E-state index < -0.39 is 40.0 Å². The summed E-state index contributed by atoms with van der Waals surface area (Å²) in [5, 5.41) is 17.9. The molecule has 2 saturated carbocycles. The lowest BCUT2D eigenvalue weighted by molar-refractivity contribution is -0.160. The molecule has 2 amide bonds. The molecule has 1 aromatic heterocycles. The predicted molar refractivity (Wildman–Crippen MR) is 119 cm³/mol. The second kappa shape index (κ2) is 7.62. The molecule has 6 atom stereocenters. The van der Waals surface area contributed by atoms with Crippen molar-refractivity contribution in [3.05, 3.63) is 11.1 Å². The quantitative estimate of drug-likeness (QED) is 0.314. The number of aliphatic carboxylic acids is 1. The summed E-state index contributed by atoms with van der Waals surface area (Å²) in [6.07, 6.45) is 4.38. The molecule has 3 unspecified atom stereocenters. The van der Waals surface area contributed by atoms with Crippen molar-refractivity contribution in [1.82, 2.24) is 15.2 Å². The number of carbonyl (C=O) groups excluding carboxylic acids is 2. The molecular weight excluding hydrogens is 454 g/mol. The molecule has 5 rings (SSSR count). The predicted octanol–water partition coefficient (Wildman–Crippen LogP) is 1.27. The third-order valence-corrected chi connectivity index (χ3v) is 9.14. The van der Waals surface area contributed by atoms with Crippen molar-refractivity contribution in [1.29, 1.82) is 0 Å². The van der Waals surface area contributed by atoms with Gasteiger partial charge in [0.2, 0.25) is 5.91 Å². The number of carboxylic acid groups (broad SMARTS) is 1. The van der Waals surface area contributed by atoms with Crippen molar-refractivity contribution in [3.8, 4) is 0 Å². The number of hydrogen-bond donors (Lipinski definition) is 3. The van der Waals surface area contributed by atoms with Gasteiger partial charge in [-0.1, -0.05) is 5.16 Å². The van der Waals surface area contributed by atoms with Gasteiger partial charge in [0.05, 0.1) is 0 Å². The topological polar surface area (TPSA) is 147 Å². The number of thioether (sulfide) groups is 1. The Morgan fingerprint density at radius 2 is 2.16 bits per heavy atom. The number of thiazole rings is 1. The van der Waals surface area contributed by atoms with Crippen LogP contribution < -0.4 is 11.1 Å². The maximum atomic E-state index is 13.1. The van der Waals surface area contributed by atoms with Crippen LogP contribution in [0, 0.1) is 11.8 Å². The second-order valence-corrected chi connectivity index (χ2v) is 12.0. The van der Waals surface area contributed by atoms with E-state index in [9.17, 15) is 19.5 Å². The lowest BCUT2D eigenvalue weighted by atomic mass is 9.96. The molecule has 2 aliphatic carbocycles. The Bertz CT molecular complexity index is 1010. The SMILES string of the molecule is CC1(C)S[C@@H]2[C@@H](NC(=O)/C(=N\OC3CC4CCC3C4)c3csc(N)n3)C(=O)N2[C@H]1C(=O)O. The molecule has 2 saturated heterocycles. The van der Waals surface area contributed by atoms with E-state index >= 15 is 0 Å². The largest absolute Gasteiger partial charge is 0.480 e. The zero-order chi connectivity index (χ0) is 22.8. The molecule has 12 heteroatoms. The maximum absolute atomic E-state index is 13.1. The standard InChI is InChI=1S/C20H25N5O5S2/c1-20(2)14(18(28)29)25-16(27)13(17(25)32-20)23-15(26)12(10-7-31-19(21)22-10)24-30-11-6-8-3-4-9(11)5-8/h7-9,11,13-14,17H,3-6H2,1-2H3,(H2,21,22)(H,23,26)(H,28,29)/b24-12-/t8?,9?,11?,13-,14-,17+/m0/s1. The lowest BCUT2D eigenvalue weighted by Crippen LogP contribution is -2.71. The second-order valence-electron chi connectivity index (χ2n) is 9.38. The number of fused-ring (bicyclic) bond motifs is 3. The molecule has 32 heavy (non-hydrogen) atoms. The maximum Gasteiger partial charge on any atom is 0.327 e. The summed E-state index contributed by atoms with van der Waals surface area (Å²) in [7, 11) is 0. The summed E-state index contributed by atoms with van der Waals surface area (Å²) in [4.78, 5) is 48.8. The van der Waals surface area contributed by atoms with E-state index in [-0.39, 0.29) is 11.8 Å². The highest BCUT2D eigenvalue weighted by Gasteiger charge is 2.64. The van der Waals surface area contributed by atoms with Crippen LogP contribution in [0.4, 0.5) is 5.13 Å². The number of anilines is 1. The molecule has 10 nitrogen and oxygen atoms in total. The first-order chi connectivity index (χ1) is 15.2. The van der Waals surface area contributed by atoms with E-state index in [4.69, 9.17) is 10.6 Å². The zero-order valence-corrected chi connectivity index (χ0v) is 19.3. The number of nitrogen functional groups attached to an aromatic ring is 1. The minimum Gasteiger partial charge on any atom is -0.480 e. The van der Waals surface area contributed by atoms with Gasteiger partial charge in [0.15, 0.2) is 10.8 Å². The van der Waals surface area contributed by atoms with Crippen LogP contribution in [0.3, 0.4) is 0 Å². The Hall–Kier alpha value is -2.34. The van der Waals surface area contributed by atoms with E-state index in [1.807, 2.05) is 0 Å². The van der Waals surface area contributed by atoms with Gasteiger partial charge in [0.1, 0.15) is 29.3 Å². The number of nitrogens with zero attached hydrogens (tertiary/aromatic N) is 3. The smallest absolute Gasteiger partial charge is 0.327 e. The Kier molecular flexibility index (Phi) is 5.12. The van der Waals surface area contributed by atoms with Crippen molar-refractivity contribution in [2.75, 3.05) is 5.73 Å². The molecule has 0 spiro atoms. The average Bonchev–Trinajstić information content (AvgIpc) is 3.49. The Labute approximate surface area is 192 Å². The fraction of sp³-hybridized carbons (Fsp3) is 0.650. The van der Waals surface area contributed by atoms with Gasteiger partial charge in [0.25, 0.3) is 5.91 Å². The first-order valence-corrected chi connectivity index (χ1v) is 12.4. The van der Waals surface area contributed by atoms with E-state index in [0.717, 1.165) is 19.3 Å². The van der Waals surface area contributed by atoms with Crippen LogP contribution in [0.1, 0.15) is 45.2 Å². The third kappa shape index (κ3) is 3.43. The minimum atomic E-state index is -1.05. The van der Waals surface area contributed by atoms with Crippen LogP contribution >= 0.6 is 23.1 Å². The minimum absolute atomic E-state index is 0.0177. The summed E-state index contributed by atoms with van der Waals surface area (Å²) < 4.78 is -0.670. The van der Waals surface area contributed by atoms with Gasteiger partial charge in [-0.25, -0.2) is 9.78 Å². The Balaban J connectivity index is 1.33. The molecule has 2 aliphatic heterocycles. The fourth-order valence-corrected chi connectivity index (χ4v) is 7.56. The van der Waals surface area contributed by atoms with Gasteiger partial charge in [-0.15, -0.1) is 23.1 Å². The number of carbonyl (C=O) groups is 3. The van der Waals surface area contributed by atoms with Crippen LogP contribution in [0.25, 0.3) is 0 Å². The van der Waals surface area contributed by atoms with Gasteiger partial charge >= 0.3 is 5.97 Å². The number of aromatic nitrogens is 1. The van der Waals surface area contributed by atoms with Crippen LogP contribution in [0.2, 0.25) is 0 Å². The highest BCUT2D eigenvalue weighted by Crippen LogP contribution is 2.51. The fourth-order valence-electron chi connectivity index (χ4n) is 5.39. The van der Waals surface area contributed by atoms with Crippen LogP contribution in [-0.4, -0.2) is 66.8 Å². The van der Waals surface area contributed by atoms with Crippen LogP contribution in [-0.2, 0) is 19.2 Å². The summed E-state index contributed by atoms with van der Waals surface area (Å²) >= 11 is 2.55. The van der Waals surface area contributed by atoms with Crippen molar-refractivity contribution in [3.63, 3.8) is 0 Å². The van der Waals surface area contributed by atoms with Crippen molar-refractivity contribution in [2.24, 2.45) is 17.0 Å². The van der Waals surface area contributed by atoms with Gasteiger partial charge in [-0.05, 0) is 51.4 Å². The van der Waals surface area contributed by atoms with E-state index in [1.165, 1.54) is 34.4 Å². The molecular formula is C20H25N5O5S2. The monoisotopic (exact) mass is 479 g/mol. The summed E-state index contributed by atoms with van der Waals surface area (Å²) in [6.45, 7) is 3.57. The Morgan fingerprint density at radius 1 is 1.38 bits per heavy atom. The van der Waals surface area contributed by atoms with Gasteiger partial charge in [0, 0.05) is 10.1 Å². The molecule has 4 fully saturated rings. The van der Waals surface area contributed by atoms with Crippen molar-refractivity contribution in [2.45, 2.75) is 67.8 Å². The number of nitrogens with one attached hydrogen (secondary N) is 1. The van der Waals surface area contributed by atoms with Crippen LogP contribution in [0.5, 0.6) is 0 Å². The molecule has 0 aromatic carbocycles. The molecule has 3 heterocycles. The number of nitrogens with two attached hydrogens (primary N) is 1. The number of oxime groups is 1. The third-order valence-electron chi connectivity index (χ3n) is 6.89. The number of amides is 2. The van der Waals surface area contributed by atoms with E-state index in [1.54, 1.807) is 19.2 Å². The first-order valence-electron chi connectivity index (χ1n) is 10.6. The Morgan fingerprint density at radius 3 is 2.75 bits per heavy atom. The number of hydrogen-bond acceptors (Lipinski definition) is 9. The first kappa shape index (κ1) is 21.5. The van der Waals surface area contributed by atoms with Gasteiger partial charge in [-0.3, -0.25) is 9.59 Å². The normalized spacial score (nSPS) is 34.9. The van der Waals surface area contributed by atoms with Crippen molar-refractivity contribution < 1.29 is 24.3 Å². The molecule has 4 N–H and O–H groups in total. The molecule has 172 valence electrons. The van der Waals surface area contributed by atoms with E-state index in [2.05, 4.69) is 15.5 Å². The highest BCUT2D eigenvalue weighted by molar-refractivity contribution is 8.01. The molecule has 4 aliphatic rings.